The highest BCUT2D eigenvalue weighted by molar-refractivity contribution is 7.92. The average molecular weight is 382 g/mol. The highest BCUT2D eigenvalue weighted by Gasteiger charge is 2.22. The van der Waals surface area contributed by atoms with Crippen molar-refractivity contribution in [2.45, 2.75) is 31.6 Å². The SMILES string of the molecule is CCc1ccc(Cl)c(CC)c1NS(=O)(=O)c1ccc2c(c1)OCCO2. The predicted molar refractivity (Wildman–Crippen MR) is 98.4 cm³/mol. The van der Waals surface area contributed by atoms with Gasteiger partial charge in [-0.3, -0.25) is 4.72 Å². The second-order valence-electron chi connectivity index (χ2n) is 5.68. The molecule has 1 aliphatic rings. The van der Waals surface area contributed by atoms with Gasteiger partial charge in [-0.1, -0.05) is 31.5 Å². The summed E-state index contributed by atoms with van der Waals surface area (Å²) in [4.78, 5) is 0.126. The molecule has 1 N–H and O–H groups in total. The van der Waals surface area contributed by atoms with Gasteiger partial charge in [-0.25, -0.2) is 8.42 Å². The molecule has 3 rings (SSSR count). The van der Waals surface area contributed by atoms with Crippen LogP contribution in [0.15, 0.2) is 35.2 Å². The first-order valence-corrected chi connectivity index (χ1v) is 10.0. The second-order valence-corrected chi connectivity index (χ2v) is 7.77. The zero-order valence-electron chi connectivity index (χ0n) is 14.1. The number of rotatable bonds is 5. The Hall–Kier alpha value is -1.92. The molecule has 2 aromatic rings. The zero-order valence-corrected chi connectivity index (χ0v) is 15.7. The van der Waals surface area contributed by atoms with Crippen LogP contribution < -0.4 is 14.2 Å². The zero-order chi connectivity index (χ0) is 18.0. The Morgan fingerprint density at radius 3 is 2.44 bits per heavy atom. The van der Waals surface area contributed by atoms with Gasteiger partial charge in [0.2, 0.25) is 0 Å². The van der Waals surface area contributed by atoms with Gasteiger partial charge in [0.15, 0.2) is 11.5 Å². The van der Waals surface area contributed by atoms with E-state index in [0.717, 1.165) is 11.1 Å². The Bertz CT molecular complexity index is 896. The van der Waals surface area contributed by atoms with Crippen LogP contribution >= 0.6 is 11.6 Å². The molecule has 134 valence electrons. The molecular formula is C18H20ClNO4S. The van der Waals surface area contributed by atoms with Crippen LogP contribution in [0.4, 0.5) is 5.69 Å². The number of nitrogens with one attached hydrogen (secondary N) is 1. The van der Waals surface area contributed by atoms with Crippen LogP contribution in [0.1, 0.15) is 25.0 Å². The van der Waals surface area contributed by atoms with Crippen LogP contribution in [0.2, 0.25) is 5.02 Å². The third-order valence-electron chi connectivity index (χ3n) is 4.14. The van der Waals surface area contributed by atoms with Crippen molar-refractivity contribution in [1.82, 2.24) is 0 Å². The smallest absolute Gasteiger partial charge is 0.262 e. The summed E-state index contributed by atoms with van der Waals surface area (Å²) < 4.78 is 39.4. The van der Waals surface area contributed by atoms with Crippen molar-refractivity contribution in [3.8, 4) is 11.5 Å². The highest BCUT2D eigenvalue weighted by Crippen LogP contribution is 2.35. The average Bonchev–Trinajstić information content (AvgIpc) is 2.61. The predicted octanol–water partition coefficient (Wildman–Crippen LogP) is 4.04. The molecule has 1 aliphatic heterocycles. The van der Waals surface area contributed by atoms with Gasteiger partial charge in [-0.05, 0) is 42.2 Å². The molecule has 5 nitrogen and oxygen atoms in total. The third kappa shape index (κ3) is 3.55. The number of sulfonamides is 1. The van der Waals surface area contributed by atoms with Gasteiger partial charge < -0.3 is 9.47 Å². The summed E-state index contributed by atoms with van der Waals surface area (Å²) in [5.74, 6) is 0.989. The molecule has 0 aromatic heterocycles. The van der Waals surface area contributed by atoms with E-state index in [0.29, 0.717) is 48.3 Å². The van der Waals surface area contributed by atoms with Crippen molar-refractivity contribution < 1.29 is 17.9 Å². The van der Waals surface area contributed by atoms with Crippen molar-refractivity contribution >= 4 is 27.3 Å². The number of halogens is 1. The first kappa shape index (κ1) is 17.9. The van der Waals surface area contributed by atoms with Crippen molar-refractivity contribution in [2.24, 2.45) is 0 Å². The van der Waals surface area contributed by atoms with Crippen molar-refractivity contribution in [1.29, 1.82) is 0 Å². The van der Waals surface area contributed by atoms with Crippen molar-refractivity contribution in [3.05, 3.63) is 46.5 Å². The summed E-state index contributed by atoms with van der Waals surface area (Å²) in [6, 6.07) is 8.27. The van der Waals surface area contributed by atoms with Gasteiger partial charge in [-0.2, -0.15) is 0 Å². The van der Waals surface area contributed by atoms with E-state index in [-0.39, 0.29) is 4.90 Å². The van der Waals surface area contributed by atoms with Gasteiger partial charge in [0.25, 0.3) is 10.0 Å². The minimum Gasteiger partial charge on any atom is -0.486 e. The molecule has 0 aliphatic carbocycles. The van der Waals surface area contributed by atoms with Crippen molar-refractivity contribution in [2.75, 3.05) is 17.9 Å². The molecule has 7 heteroatoms. The van der Waals surface area contributed by atoms with Crippen LogP contribution in [0.3, 0.4) is 0 Å². The molecule has 25 heavy (non-hydrogen) atoms. The normalized spacial score (nSPS) is 13.6. The monoisotopic (exact) mass is 381 g/mol. The Morgan fingerprint density at radius 1 is 1.04 bits per heavy atom. The van der Waals surface area contributed by atoms with E-state index < -0.39 is 10.0 Å². The van der Waals surface area contributed by atoms with Gasteiger partial charge >= 0.3 is 0 Å². The molecule has 0 spiro atoms. The lowest BCUT2D eigenvalue weighted by Gasteiger charge is -2.20. The highest BCUT2D eigenvalue weighted by atomic mass is 35.5. The molecule has 0 amide bonds. The maximum absolute atomic E-state index is 12.9. The minimum absolute atomic E-state index is 0.126. The van der Waals surface area contributed by atoms with Crippen LogP contribution in [0.5, 0.6) is 11.5 Å². The van der Waals surface area contributed by atoms with Crippen LogP contribution in [0.25, 0.3) is 0 Å². The summed E-state index contributed by atoms with van der Waals surface area (Å²) in [5.41, 5.74) is 2.26. The van der Waals surface area contributed by atoms with Gasteiger partial charge in [0, 0.05) is 11.1 Å². The van der Waals surface area contributed by atoms with E-state index in [4.69, 9.17) is 21.1 Å². The van der Waals surface area contributed by atoms with E-state index in [1.54, 1.807) is 12.1 Å². The third-order valence-corrected chi connectivity index (χ3v) is 5.84. The Labute approximate surface area is 153 Å². The lowest BCUT2D eigenvalue weighted by Crippen LogP contribution is -2.18. The van der Waals surface area contributed by atoms with E-state index >= 15 is 0 Å². The molecule has 0 unspecified atom stereocenters. The molecule has 0 fully saturated rings. The number of aryl methyl sites for hydroxylation is 1. The van der Waals surface area contributed by atoms with Crippen LogP contribution in [-0.4, -0.2) is 21.6 Å². The molecule has 0 saturated heterocycles. The molecule has 2 aromatic carbocycles. The summed E-state index contributed by atoms with van der Waals surface area (Å²) in [6.07, 6.45) is 1.33. The quantitative estimate of drug-likeness (QED) is 0.848. The molecule has 0 atom stereocenters. The summed E-state index contributed by atoms with van der Waals surface area (Å²) in [7, 11) is -3.77. The first-order valence-electron chi connectivity index (χ1n) is 8.19. The topological polar surface area (TPSA) is 64.6 Å². The van der Waals surface area contributed by atoms with Gasteiger partial charge in [-0.15, -0.1) is 0 Å². The molecule has 0 radical (unpaired) electrons. The molecular weight excluding hydrogens is 362 g/mol. The summed E-state index contributed by atoms with van der Waals surface area (Å²) in [5, 5.41) is 0.555. The van der Waals surface area contributed by atoms with E-state index in [1.807, 2.05) is 19.9 Å². The largest absolute Gasteiger partial charge is 0.486 e. The van der Waals surface area contributed by atoms with Gasteiger partial charge in [0.05, 0.1) is 10.6 Å². The second kappa shape index (κ2) is 7.14. The fraction of sp³-hybridized carbons (Fsp3) is 0.333. The molecule has 0 bridgehead atoms. The van der Waals surface area contributed by atoms with Gasteiger partial charge in [0.1, 0.15) is 13.2 Å². The molecule has 1 heterocycles. The molecule has 0 saturated carbocycles. The minimum atomic E-state index is -3.77. The number of fused-ring (bicyclic) bond motifs is 1. The number of ether oxygens (including phenoxy) is 2. The van der Waals surface area contributed by atoms with Crippen LogP contribution in [-0.2, 0) is 22.9 Å². The maximum Gasteiger partial charge on any atom is 0.262 e. The lowest BCUT2D eigenvalue weighted by molar-refractivity contribution is 0.171. The Balaban J connectivity index is 2.01. The fourth-order valence-corrected chi connectivity index (χ4v) is 4.26. The number of anilines is 1. The summed E-state index contributed by atoms with van der Waals surface area (Å²) in [6.45, 7) is 4.78. The number of hydrogen-bond donors (Lipinski definition) is 1. The van der Waals surface area contributed by atoms with E-state index in [1.165, 1.54) is 12.1 Å². The number of hydrogen-bond acceptors (Lipinski definition) is 4. The summed E-state index contributed by atoms with van der Waals surface area (Å²) >= 11 is 6.26. The maximum atomic E-state index is 12.9. The standard InChI is InChI=1S/C18H20ClNO4S/c1-3-12-5-7-15(19)14(4-2)18(12)20-25(21,22)13-6-8-16-17(11-13)24-10-9-23-16/h5-8,11,20H,3-4,9-10H2,1-2H3. The fourth-order valence-electron chi connectivity index (χ4n) is 2.82. The van der Waals surface area contributed by atoms with Crippen LogP contribution in [0, 0.1) is 0 Å². The Kier molecular flexibility index (Phi) is 5.11. The lowest BCUT2D eigenvalue weighted by atomic mass is 10.0. The Morgan fingerprint density at radius 2 is 1.76 bits per heavy atom. The van der Waals surface area contributed by atoms with E-state index in [2.05, 4.69) is 4.72 Å². The van der Waals surface area contributed by atoms with E-state index in [9.17, 15) is 8.42 Å². The number of benzene rings is 2. The first-order chi connectivity index (χ1) is 12.0. The van der Waals surface area contributed by atoms with Crippen molar-refractivity contribution in [3.63, 3.8) is 0 Å².